The number of aryl methyl sites for hydroxylation is 3. The highest BCUT2D eigenvalue weighted by molar-refractivity contribution is 6.31. The largest absolute Gasteiger partial charge is 0.320 e. The van der Waals surface area contributed by atoms with Crippen LogP contribution in [0.5, 0.6) is 0 Å². The molecule has 4 nitrogen and oxygen atoms in total. The minimum absolute atomic E-state index is 0.223. The average molecular weight is 390 g/mol. The Morgan fingerprint density at radius 2 is 1.68 bits per heavy atom. The molecule has 4 rings (SSSR count). The fraction of sp³-hybridized carbons (Fsp3) is 0.130. The molecule has 28 heavy (non-hydrogen) atoms. The van der Waals surface area contributed by atoms with Gasteiger partial charge >= 0.3 is 0 Å². The Morgan fingerprint density at radius 3 is 2.43 bits per heavy atom. The van der Waals surface area contributed by atoms with Crippen LogP contribution >= 0.6 is 11.6 Å². The van der Waals surface area contributed by atoms with Gasteiger partial charge < -0.3 is 5.32 Å². The van der Waals surface area contributed by atoms with Gasteiger partial charge in [-0.15, -0.1) is 0 Å². The highest BCUT2D eigenvalue weighted by Gasteiger charge is 2.21. The maximum absolute atomic E-state index is 13.3. The predicted octanol–water partition coefficient (Wildman–Crippen LogP) is 5.83. The van der Waals surface area contributed by atoms with Gasteiger partial charge in [0.2, 0.25) is 0 Å². The molecule has 1 amide bonds. The molecule has 140 valence electrons. The van der Waals surface area contributed by atoms with Gasteiger partial charge in [0.25, 0.3) is 5.91 Å². The first-order valence-electron chi connectivity index (χ1n) is 9.05. The summed E-state index contributed by atoms with van der Waals surface area (Å²) in [5.74, 6) is -0.223. The third kappa shape index (κ3) is 3.39. The minimum Gasteiger partial charge on any atom is -0.320 e. The lowest BCUT2D eigenvalue weighted by atomic mass is 10.1. The topological polar surface area (TPSA) is 46.4 Å². The first-order valence-corrected chi connectivity index (χ1v) is 9.43. The van der Waals surface area contributed by atoms with E-state index in [0.29, 0.717) is 22.1 Å². The van der Waals surface area contributed by atoms with Crippen molar-refractivity contribution in [3.63, 3.8) is 0 Å². The number of fused-ring (bicyclic) bond motifs is 1. The van der Waals surface area contributed by atoms with Crippen molar-refractivity contribution in [3.05, 3.63) is 88.2 Å². The van der Waals surface area contributed by atoms with E-state index in [4.69, 9.17) is 16.6 Å². The van der Waals surface area contributed by atoms with Gasteiger partial charge in [0.15, 0.2) is 0 Å². The van der Waals surface area contributed by atoms with Crippen LogP contribution in [0, 0.1) is 20.8 Å². The second-order valence-electron chi connectivity index (χ2n) is 7.02. The number of carbonyl (C=O) groups is 1. The Balaban J connectivity index is 1.87. The molecule has 0 radical (unpaired) electrons. The van der Waals surface area contributed by atoms with Crippen molar-refractivity contribution in [2.24, 2.45) is 0 Å². The van der Waals surface area contributed by atoms with Gasteiger partial charge in [0.05, 0.1) is 0 Å². The Kier molecular flexibility index (Phi) is 4.65. The molecule has 0 fully saturated rings. The van der Waals surface area contributed by atoms with Crippen molar-refractivity contribution < 1.29 is 4.79 Å². The van der Waals surface area contributed by atoms with Gasteiger partial charge in [-0.05, 0) is 50.1 Å². The number of benzene rings is 2. The number of amides is 1. The summed E-state index contributed by atoms with van der Waals surface area (Å²) < 4.78 is 1.85. The number of pyridine rings is 1. The second kappa shape index (κ2) is 7.13. The second-order valence-corrected chi connectivity index (χ2v) is 7.46. The molecule has 1 N–H and O–H groups in total. The predicted molar refractivity (Wildman–Crippen MR) is 114 cm³/mol. The SMILES string of the molecule is Cc1ccc(-c2nc3ccc(C)cn3c2C(=O)Nc2cc(Cl)ccc2C)cc1. The number of hydrogen-bond acceptors (Lipinski definition) is 2. The zero-order valence-electron chi connectivity index (χ0n) is 16.0. The lowest BCUT2D eigenvalue weighted by Crippen LogP contribution is -2.16. The molecule has 4 aromatic rings. The van der Waals surface area contributed by atoms with Gasteiger partial charge in [-0.3, -0.25) is 9.20 Å². The van der Waals surface area contributed by atoms with Gasteiger partial charge in [-0.25, -0.2) is 4.98 Å². The van der Waals surface area contributed by atoms with Crippen LogP contribution in [0.15, 0.2) is 60.8 Å². The zero-order chi connectivity index (χ0) is 19.8. The normalized spacial score (nSPS) is 11.0. The van der Waals surface area contributed by atoms with E-state index in [9.17, 15) is 4.79 Å². The van der Waals surface area contributed by atoms with Crippen molar-refractivity contribution in [1.29, 1.82) is 0 Å². The molecule has 5 heteroatoms. The van der Waals surface area contributed by atoms with E-state index in [0.717, 1.165) is 27.9 Å². The Labute approximate surface area is 168 Å². The number of aromatic nitrogens is 2. The van der Waals surface area contributed by atoms with E-state index in [1.54, 1.807) is 6.07 Å². The number of imidazole rings is 1. The average Bonchev–Trinajstić information content (AvgIpc) is 3.04. The maximum atomic E-state index is 13.3. The molecule has 0 saturated carbocycles. The smallest absolute Gasteiger partial charge is 0.274 e. The lowest BCUT2D eigenvalue weighted by Gasteiger charge is -2.10. The zero-order valence-corrected chi connectivity index (χ0v) is 16.7. The molecule has 0 aliphatic carbocycles. The summed E-state index contributed by atoms with van der Waals surface area (Å²) in [6, 6.07) is 17.4. The van der Waals surface area contributed by atoms with E-state index in [1.807, 2.05) is 79.9 Å². The van der Waals surface area contributed by atoms with Crippen LogP contribution in [0.2, 0.25) is 5.02 Å². The number of hydrogen-bond donors (Lipinski definition) is 1. The molecule has 0 unspecified atom stereocenters. The van der Waals surface area contributed by atoms with Gasteiger partial charge in [0, 0.05) is 22.5 Å². The fourth-order valence-corrected chi connectivity index (χ4v) is 3.36. The summed E-state index contributed by atoms with van der Waals surface area (Å²) in [5, 5.41) is 3.58. The molecule has 0 spiro atoms. The van der Waals surface area contributed by atoms with E-state index < -0.39 is 0 Å². The molecule has 0 aliphatic heterocycles. The summed E-state index contributed by atoms with van der Waals surface area (Å²) in [6.45, 7) is 5.96. The van der Waals surface area contributed by atoms with E-state index in [1.165, 1.54) is 0 Å². The number of rotatable bonds is 3. The highest BCUT2D eigenvalue weighted by Crippen LogP contribution is 2.27. The molecular formula is C23H20ClN3O. The van der Waals surface area contributed by atoms with Crippen molar-refractivity contribution in [3.8, 4) is 11.3 Å². The molecular weight excluding hydrogens is 370 g/mol. The quantitative estimate of drug-likeness (QED) is 0.479. The molecule has 0 saturated heterocycles. The molecule has 0 bridgehead atoms. The van der Waals surface area contributed by atoms with Crippen molar-refractivity contribution in [1.82, 2.24) is 9.38 Å². The lowest BCUT2D eigenvalue weighted by molar-refractivity contribution is 0.102. The van der Waals surface area contributed by atoms with Crippen LogP contribution in [-0.2, 0) is 0 Å². The van der Waals surface area contributed by atoms with Crippen LogP contribution in [0.1, 0.15) is 27.2 Å². The van der Waals surface area contributed by atoms with Crippen LogP contribution in [-0.4, -0.2) is 15.3 Å². The summed E-state index contributed by atoms with van der Waals surface area (Å²) in [5.41, 5.74) is 6.63. The Bertz CT molecular complexity index is 1190. The molecule has 0 aliphatic rings. The van der Waals surface area contributed by atoms with Crippen LogP contribution < -0.4 is 5.32 Å². The molecule has 2 heterocycles. The number of anilines is 1. The van der Waals surface area contributed by atoms with Crippen molar-refractivity contribution in [2.75, 3.05) is 5.32 Å². The number of carbonyl (C=O) groups excluding carboxylic acids is 1. The van der Waals surface area contributed by atoms with E-state index >= 15 is 0 Å². The van der Waals surface area contributed by atoms with Gasteiger partial charge in [-0.1, -0.05) is 53.6 Å². The van der Waals surface area contributed by atoms with Gasteiger partial charge in [0.1, 0.15) is 17.0 Å². The molecule has 2 aromatic heterocycles. The van der Waals surface area contributed by atoms with E-state index in [2.05, 4.69) is 5.32 Å². The van der Waals surface area contributed by atoms with Crippen LogP contribution in [0.3, 0.4) is 0 Å². The third-order valence-corrected chi connectivity index (χ3v) is 4.99. The fourth-order valence-electron chi connectivity index (χ4n) is 3.19. The summed E-state index contributed by atoms with van der Waals surface area (Å²) in [4.78, 5) is 18.0. The van der Waals surface area contributed by atoms with Crippen LogP contribution in [0.25, 0.3) is 16.9 Å². The Hall–Kier alpha value is -3.11. The Morgan fingerprint density at radius 1 is 0.964 bits per heavy atom. The third-order valence-electron chi connectivity index (χ3n) is 4.75. The van der Waals surface area contributed by atoms with Crippen LogP contribution in [0.4, 0.5) is 5.69 Å². The van der Waals surface area contributed by atoms with Gasteiger partial charge in [-0.2, -0.15) is 0 Å². The highest BCUT2D eigenvalue weighted by atomic mass is 35.5. The monoisotopic (exact) mass is 389 g/mol. The summed E-state index contributed by atoms with van der Waals surface area (Å²) in [6.07, 6.45) is 1.93. The standard InChI is InChI=1S/C23H20ClN3O/c1-14-4-8-17(9-5-14)21-22(27-13-15(2)6-11-20(27)26-21)23(28)25-19-12-18(24)10-7-16(19)3/h4-13H,1-3H3,(H,25,28). The van der Waals surface area contributed by atoms with E-state index in [-0.39, 0.29) is 5.91 Å². The molecule has 2 aromatic carbocycles. The minimum atomic E-state index is -0.223. The first-order chi connectivity index (χ1) is 13.4. The first kappa shape index (κ1) is 18.3. The van der Waals surface area contributed by atoms with Crippen molar-refractivity contribution in [2.45, 2.75) is 20.8 Å². The molecule has 0 atom stereocenters. The number of halogens is 1. The van der Waals surface area contributed by atoms with Crippen molar-refractivity contribution >= 4 is 28.8 Å². The number of nitrogens with one attached hydrogen (secondary N) is 1. The number of nitrogens with zero attached hydrogens (tertiary/aromatic N) is 2. The maximum Gasteiger partial charge on any atom is 0.274 e. The summed E-state index contributed by atoms with van der Waals surface area (Å²) in [7, 11) is 0. The summed E-state index contributed by atoms with van der Waals surface area (Å²) >= 11 is 6.11.